The zero-order valence-electron chi connectivity index (χ0n) is 19.2. The summed E-state index contributed by atoms with van der Waals surface area (Å²) in [6.07, 6.45) is 0. The molecule has 2 N–H and O–H groups in total. The van der Waals surface area contributed by atoms with Crippen molar-refractivity contribution >= 4 is 39.8 Å². The zero-order chi connectivity index (χ0) is 24.4. The highest BCUT2D eigenvalue weighted by atomic mass is 32.1. The van der Waals surface area contributed by atoms with Gasteiger partial charge in [0.05, 0.1) is 17.0 Å². The van der Waals surface area contributed by atoms with Gasteiger partial charge in [0.15, 0.2) is 11.5 Å². The summed E-state index contributed by atoms with van der Waals surface area (Å²) < 4.78 is 15.8. The number of hydrogen-bond acceptors (Lipinski definition) is 7. The Hall–Kier alpha value is -3.85. The fourth-order valence-corrected chi connectivity index (χ4v) is 4.70. The fraction of sp³-hybridized carbons (Fsp3) is 0.240. The molecule has 176 valence electrons. The predicted octanol–water partition coefficient (Wildman–Crippen LogP) is 5.08. The van der Waals surface area contributed by atoms with Crippen LogP contribution in [-0.4, -0.2) is 31.2 Å². The number of nitrogens with one attached hydrogen (secondary N) is 2. The van der Waals surface area contributed by atoms with Crippen LogP contribution in [0.25, 0.3) is 0 Å². The molecule has 0 bridgehead atoms. The van der Waals surface area contributed by atoms with Crippen LogP contribution in [0.15, 0.2) is 36.4 Å². The topological polar surface area (TPSA) is 103 Å². The molecular formula is C25H24N2O6S. The average molecular weight is 481 g/mol. The molecule has 34 heavy (non-hydrogen) atoms. The minimum atomic E-state index is -0.609. The van der Waals surface area contributed by atoms with Gasteiger partial charge in [-0.25, -0.2) is 4.79 Å². The normalized spacial score (nSPS) is 11.8. The lowest BCUT2D eigenvalue weighted by Crippen LogP contribution is -2.15. The van der Waals surface area contributed by atoms with Crippen molar-refractivity contribution in [2.75, 3.05) is 24.0 Å². The van der Waals surface area contributed by atoms with Gasteiger partial charge in [0, 0.05) is 11.3 Å². The number of amides is 2. The number of rotatable bonds is 6. The largest absolute Gasteiger partial charge is 0.462 e. The van der Waals surface area contributed by atoms with E-state index in [2.05, 4.69) is 10.6 Å². The average Bonchev–Trinajstić information content (AvgIpc) is 3.39. The molecule has 2 aromatic carbocycles. The summed E-state index contributed by atoms with van der Waals surface area (Å²) in [4.78, 5) is 39.1. The summed E-state index contributed by atoms with van der Waals surface area (Å²) in [5, 5.41) is 5.89. The Morgan fingerprint density at radius 2 is 1.74 bits per heavy atom. The lowest BCUT2D eigenvalue weighted by molar-refractivity contribution is 0.0527. The van der Waals surface area contributed by atoms with Crippen molar-refractivity contribution < 1.29 is 28.6 Å². The third-order valence-corrected chi connectivity index (χ3v) is 6.53. The van der Waals surface area contributed by atoms with Crippen LogP contribution < -0.4 is 20.1 Å². The second-order valence-electron chi connectivity index (χ2n) is 7.78. The van der Waals surface area contributed by atoms with Gasteiger partial charge in [-0.15, -0.1) is 11.3 Å². The Morgan fingerprint density at radius 1 is 0.971 bits per heavy atom. The maximum atomic E-state index is 13.1. The van der Waals surface area contributed by atoms with Crippen molar-refractivity contribution in [1.82, 2.24) is 0 Å². The van der Waals surface area contributed by atoms with Crippen LogP contribution in [0.3, 0.4) is 0 Å². The van der Waals surface area contributed by atoms with Crippen LogP contribution in [0.4, 0.5) is 10.7 Å². The molecule has 4 rings (SSSR count). The minimum absolute atomic E-state index is 0.0937. The molecule has 9 heteroatoms. The number of anilines is 2. The number of ether oxygens (including phenoxy) is 3. The molecule has 0 atom stereocenters. The molecule has 0 saturated carbocycles. The maximum Gasteiger partial charge on any atom is 0.341 e. The molecule has 0 radical (unpaired) electrons. The van der Waals surface area contributed by atoms with E-state index in [0.29, 0.717) is 33.2 Å². The molecular weight excluding hydrogens is 456 g/mol. The summed E-state index contributed by atoms with van der Waals surface area (Å²) in [5.74, 6) is -0.409. The molecule has 0 fully saturated rings. The lowest BCUT2D eigenvalue weighted by Gasteiger charge is -2.09. The van der Waals surface area contributed by atoms with Gasteiger partial charge < -0.3 is 24.8 Å². The highest BCUT2D eigenvalue weighted by Crippen LogP contribution is 2.36. The van der Waals surface area contributed by atoms with Gasteiger partial charge in [-0.05, 0) is 63.1 Å². The van der Waals surface area contributed by atoms with E-state index < -0.39 is 11.9 Å². The van der Waals surface area contributed by atoms with Crippen molar-refractivity contribution in [1.29, 1.82) is 0 Å². The molecule has 0 aliphatic carbocycles. The van der Waals surface area contributed by atoms with Crippen molar-refractivity contribution in [3.8, 4) is 11.5 Å². The maximum absolute atomic E-state index is 13.1. The van der Waals surface area contributed by atoms with E-state index >= 15 is 0 Å². The van der Waals surface area contributed by atoms with E-state index in [1.165, 1.54) is 0 Å². The minimum Gasteiger partial charge on any atom is -0.462 e. The van der Waals surface area contributed by atoms with Gasteiger partial charge in [-0.1, -0.05) is 17.7 Å². The molecule has 1 aliphatic heterocycles. The van der Waals surface area contributed by atoms with E-state index in [1.807, 2.05) is 32.0 Å². The Labute approximate surface area is 200 Å². The monoisotopic (exact) mass is 480 g/mol. The highest BCUT2D eigenvalue weighted by Gasteiger charge is 2.27. The van der Waals surface area contributed by atoms with Gasteiger partial charge in [0.1, 0.15) is 5.00 Å². The van der Waals surface area contributed by atoms with Gasteiger partial charge in [0.25, 0.3) is 11.8 Å². The summed E-state index contributed by atoms with van der Waals surface area (Å²) in [5.41, 5.74) is 3.60. The highest BCUT2D eigenvalue weighted by molar-refractivity contribution is 7.19. The van der Waals surface area contributed by atoms with Crippen LogP contribution >= 0.6 is 11.3 Å². The molecule has 0 unspecified atom stereocenters. The Balaban J connectivity index is 1.64. The number of thiophene rings is 1. The van der Waals surface area contributed by atoms with E-state index in [0.717, 1.165) is 22.5 Å². The summed E-state index contributed by atoms with van der Waals surface area (Å²) in [6, 6.07) is 10.5. The number of esters is 1. The van der Waals surface area contributed by atoms with Crippen LogP contribution in [0.1, 0.15) is 54.0 Å². The zero-order valence-corrected chi connectivity index (χ0v) is 20.1. The molecule has 3 aromatic rings. The number of carbonyl (C=O) groups is 3. The van der Waals surface area contributed by atoms with Gasteiger partial charge in [-0.3, -0.25) is 9.59 Å². The van der Waals surface area contributed by atoms with Gasteiger partial charge in [0.2, 0.25) is 6.79 Å². The first-order valence-corrected chi connectivity index (χ1v) is 11.5. The molecule has 1 aliphatic rings. The Kier molecular flexibility index (Phi) is 6.56. The number of carbonyl (C=O) groups excluding carboxylic acids is 3. The number of benzene rings is 2. The number of hydrogen-bond donors (Lipinski definition) is 2. The molecule has 2 amide bonds. The molecule has 0 spiro atoms. The first kappa shape index (κ1) is 23.3. The fourth-order valence-electron chi connectivity index (χ4n) is 3.61. The van der Waals surface area contributed by atoms with Crippen molar-refractivity contribution in [3.63, 3.8) is 0 Å². The molecule has 2 heterocycles. The van der Waals surface area contributed by atoms with Gasteiger partial charge >= 0.3 is 5.97 Å². The van der Waals surface area contributed by atoms with E-state index in [4.69, 9.17) is 14.2 Å². The predicted molar refractivity (Wildman–Crippen MR) is 129 cm³/mol. The number of fused-ring (bicyclic) bond motifs is 1. The van der Waals surface area contributed by atoms with Crippen molar-refractivity contribution in [2.24, 2.45) is 0 Å². The van der Waals surface area contributed by atoms with Crippen molar-refractivity contribution in [2.45, 2.75) is 27.7 Å². The van der Waals surface area contributed by atoms with Gasteiger partial charge in [-0.2, -0.15) is 0 Å². The summed E-state index contributed by atoms with van der Waals surface area (Å²) in [6.45, 7) is 7.49. The van der Waals surface area contributed by atoms with E-state index in [1.54, 1.807) is 32.0 Å². The summed E-state index contributed by atoms with van der Waals surface area (Å²) in [7, 11) is 0. The van der Waals surface area contributed by atoms with E-state index in [9.17, 15) is 14.4 Å². The van der Waals surface area contributed by atoms with Crippen LogP contribution in [-0.2, 0) is 4.74 Å². The Morgan fingerprint density at radius 3 is 2.47 bits per heavy atom. The third kappa shape index (κ3) is 4.60. The Bertz CT molecular complexity index is 1300. The smallest absolute Gasteiger partial charge is 0.341 e. The first-order chi connectivity index (χ1) is 16.3. The standard InChI is InChI=1S/C25H24N2O6S/c1-5-31-25(30)20-15(4)21(23(29)26-17-8-6-13(2)10-14(17)3)34-24(20)27-22(28)16-7-9-18-19(11-16)33-12-32-18/h6-11H,5,12H2,1-4H3,(H,26,29)(H,27,28). The number of aryl methyl sites for hydroxylation is 2. The molecule has 8 nitrogen and oxygen atoms in total. The van der Waals surface area contributed by atoms with Crippen LogP contribution in [0, 0.1) is 20.8 Å². The summed E-state index contributed by atoms with van der Waals surface area (Å²) >= 11 is 1.02. The molecule has 0 saturated heterocycles. The first-order valence-electron chi connectivity index (χ1n) is 10.7. The van der Waals surface area contributed by atoms with Crippen LogP contribution in [0.2, 0.25) is 0 Å². The lowest BCUT2D eigenvalue weighted by atomic mass is 10.1. The second-order valence-corrected chi connectivity index (χ2v) is 8.80. The quantitative estimate of drug-likeness (QED) is 0.477. The molecule has 1 aromatic heterocycles. The SMILES string of the molecule is CCOC(=O)c1c(NC(=O)c2ccc3c(c2)OCO3)sc(C(=O)Nc2ccc(C)cc2C)c1C. The van der Waals surface area contributed by atoms with E-state index in [-0.39, 0.29) is 29.9 Å². The van der Waals surface area contributed by atoms with Crippen LogP contribution in [0.5, 0.6) is 11.5 Å². The third-order valence-electron chi connectivity index (χ3n) is 5.32. The van der Waals surface area contributed by atoms with Crippen molar-refractivity contribution in [3.05, 3.63) is 69.1 Å². The second kappa shape index (κ2) is 9.56.